The number of amides is 1. The molecule has 2 aliphatic rings. The second-order valence-corrected chi connectivity index (χ2v) is 5.96. The molecule has 4 nitrogen and oxygen atoms in total. The molecule has 1 aliphatic heterocycles. The third-order valence-corrected chi connectivity index (χ3v) is 4.29. The lowest BCUT2D eigenvalue weighted by Crippen LogP contribution is -2.39. The molecule has 1 aliphatic carbocycles. The molecular weight excluding hydrogens is 216 g/mol. The molecule has 1 unspecified atom stereocenters. The largest absolute Gasteiger partial charge is 0.388 e. The lowest BCUT2D eigenvalue weighted by atomic mass is 9.81. The molecule has 2 fully saturated rings. The number of hydrogen-bond acceptors (Lipinski definition) is 3. The first kappa shape index (κ1) is 12.8. The van der Waals surface area contributed by atoms with E-state index in [0.717, 1.165) is 32.2 Å². The maximum atomic E-state index is 12.3. The summed E-state index contributed by atoms with van der Waals surface area (Å²) in [6.07, 6.45) is 4.81. The zero-order chi connectivity index (χ0) is 12.5. The van der Waals surface area contributed by atoms with Gasteiger partial charge in [0.1, 0.15) is 0 Å². The Kier molecular flexibility index (Phi) is 3.73. The van der Waals surface area contributed by atoms with Crippen molar-refractivity contribution >= 4 is 5.91 Å². The predicted molar refractivity (Wildman–Crippen MR) is 66.3 cm³/mol. The third-order valence-electron chi connectivity index (χ3n) is 4.29. The lowest BCUT2D eigenvalue weighted by molar-refractivity contribution is -0.136. The molecule has 0 aromatic heterocycles. The van der Waals surface area contributed by atoms with Gasteiger partial charge in [-0.25, -0.2) is 0 Å². The highest BCUT2D eigenvalue weighted by Gasteiger charge is 2.37. The summed E-state index contributed by atoms with van der Waals surface area (Å²) in [6.45, 7) is 3.77. The van der Waals surface area contributed by atoms with Crippen molar-refractivity contribution < 1.29 is 9.90 Å². The Balaban J connectivity index is 1.85. The number of hydrogen-bond donors (Lipinski definition) is 2. The van der Waals surface area contributed by atoms with Crippen LogP contribution in [0.4, 0.5) is 0 Å². The molecule has 0 spiro atoms. The standard InChI is InChI=1S/C13H24N2O2/c1-13(17)6-7-15(9-13)12(16)11-4-2-10(8-14)3-5-11/h10-11,17H,2-9,14H2,1H3. The molecule has 0 aromatic rings. The lowest BCUT2D eigenvalue weighted by Gasteiger charge is -2.30. The van der Waals surface area contributed by atoms with Crippen molar-refractivity contribution in [2.45, 2.75) is 44.6 Å². The van der Waals surface area contributed by atoms with Crippen molar-refractivity contribution in [3.63, 3.8) is 0 Å². The van der Waals surface area contributed by atoms with Gasteiger partial charge in [0, 0.05) is 19.0 Å². The van der Waals surface area contributed by atoms with Crippen molar-refractivity contribution in [2.24, 2.45) is 17.6 Å². The summed E-state index contributed by atoms with van der Waals surface area (Å²) in [5, 5.41) is 9.88. The van der Waals surface area contributed by atoms with Crippen LogP contribution in [-0.2, 0) is 4.79 Å². The second-order valence-electron chi connectivity index (χ2n) is 5.96. The summed E-state index contributed by atoms with van der Waals surface area (Å²) < 4.78 is 0. The molecule has 1 saturated heterocycles. The highest BCUT2D eigenvalue weighted by atomic mass is 16.3. The van der Waals surface area contributed by atoms with E-state index >= 15 is 0 Å². The van der Waals surface area contributed by atoms with E-state index in [1.54, 1.807) is 0 Å². The molecule has 0 aromatic carbocycles. The van der Waals surface area contributed by atoms with Crippen molar-refractivity contribution in [1.82, 2.24) is 4.90 Å². The summed E-state index contributed by atoms with van der Waals surface area (Å²) in [5.41, 5.74) is 4.98. The summed E-state index contributed by atoms with van der Waals surface area (Å²) in [7, 11) is 0. The fourth-order valence-corrected chi connectivity index (χ4v) is 3.04. The van der Waals surface area contributed by atoms with E-state index in [-0.39, 0.29) is 11.8 Å². The van der Waals surface area contributed by atoms with Gasteiger partial charge in [0.25, 0.3) is 0 Å². The highest BCUT2D eigenvalue weighted by molar-refractivity contribution is 5.79. The van der Waals surface area contributed by atoms with E-state index in [1.165, 1.54) is 0 Å². The molecule has 2 rings (SSSR count). The van der Waals surface area contributed by atoms with Crippen LogP contribution >= 0.6 is 0 Å². The predicted octanol–water partition coefficient (Wildman–Crippen LogP) is 0.735. The molecule has 1 atom stereocenters. The van der Waals surface area contributed by atoms with Gasteiger partial charge in [0.05, 0.1) is 5.60 Å². The number of carbonyl (C=O) groups excluding carboxylic acids is 1. The van der Waals surface area contributed by atoms with Gasteiger partial charge in [-0.1, -0.05) is 0 Å². The molecule has 4 heteroatoms. The van der Waals surface area contributed by atoms with Gasteiger partial charge in [-0.15, -0.1) is 0 Å². The van der Waals surface area contributed by atoms with Crippen LogP contribution in [0.2, 0.25) is 0 Å². The van der Waals surface area contributed by atoms with Crippen LogP contribution < -0.4 is 5.73 Å². The van der Waals surface area contributed by atoms with E-state index in [4.69, 9.17) is 5.73 Å². The molecule has 17 heavy (non-hydrogen) atoms. The first-order valence-electron chi connectivity index (χ1n) is 6.73. The van der Waals surface area contributed by atoms with Crippen molar-refractivity contribution in [3.05, 3.63) is 0 Å². The Hall–Kier alpha value is -0.610. The van der Waals surface area contributed by atoms with E-state index < -0.39 is 5.60 Å². The van der Waals surface area contributed by atoms with Crippen molar-refractivity contribution in [1.29, 1.82) is 0 Å². The summed E-state index contributed by atoms with van der Waals surface area (Å²) in [6, 6.07) is 0. The number of carbonyl (C=O) groups is 1. The number of aliphatic hydroxyl groups is 1. The number of likely N-dealkylation sites (tertiary alicyclic amines) is 1. The Morgan fingerprint density at radius 1 is 1.41 bits per heavy atom. The molecule has 1 amide bonds. The van der Waals surface area contributed by atoms with Crippen LogP contribution in [0.1, 0.15) is 39.0 Å². The Bertz CT molecular complexity index is 283. The summed E-state index contributed by atoms with van der Waals surface area (Å²) in [4.78, 5) is 14.1. The van der Waals surface area contributed by atoms with Crippen molar-refractivity contribution in [2.75, 3.05) is 19.6 Å². The van der Waals surface area contributed by atoms with Crippen LogP contribution in [0, 0.1) is 11.8 Å². The number of nitrogens with zero attached hydrogens (tertiary/aromatic N) is 1. The quantitative estimate of drug-likeness (QED) is 0.748. The number of nitrogens with two attached hydrogens (primary N) is 1. The van der Waals surface area contributed by atoms with E-state index in [0.29, 0.717) is 25.4 Å². The fourth-order valence-electron chi connectivity index (χ4n) is 3.04. The smallest absolute Gasteiger partial charge is 0.225 e. The maximum Gasteiger partial charge on any atom is 0.225 e. The summed E-state index contributed by atoms with van der Waals surface area (Å²) >= 11 is 0. The average molecular weight is 240 g/mol. The van der Waals surface area contributed by atoms with E-state index in [1.807, 2.05) is 11.8 Å². The van der Waals surface area contributed by atoms with Crippen LogP contribution in [-0.4, -0.2) is 41.1 Å². The van der Waals surface area contributed by atoms with Crippen LogP contribution in [0.25, 0.3) is 0 Å². The van der Waals surface area contributed by atoms with Crippen LogP contribution in [0.5, 0.6) is 0 Å². The summed E-state index contributed by atoms with van der Waals surface area (Å²) in [5.74, 6) is 1.03. The number of β-amino-alcohol motifs (C(OH)–C–C–N with tert-alkyl or cyclic N) is 1. The molecule has 1 heterocycles. The van der Waals surface area contributed by atoms with Gasteiger partial charge < -0.3 is 15.7 Å². The Labute approximate surface area is 103 Å². The minimum atomic E-state index is -0.676. The topological polar surface area (TPSA) is 66.6 Å². The molecule has 0 radical (unpaired) electrons. The SMILES string of the molecule is CC1(O)CCN(C(=O)C2CCC(CN)CC2)C1. The zero-order valence-corrected chi connectivity index (χ0v) is 10.7. The Morgan fingerprint density at radius 3 is 2.53 bits per heavy atom. The van der Waals surface area contributed by atoms with Crippen LogP contribution in [0.15, 0.2) is 0 Å². The normalized spacial score (nSPS) is 38.4. The molecule has 0 bridgehead atoms. The number of rotatable bonds is 2. The molecule has 3 N–H and O–H groups in total. The molecular formula is C13H24N2O2. The highest BCUT2D eigenvalue weighted by Crippen LogP contribution is 2.31. The fraction of sp³-hybridized carbons (Fsp3) is 0.923. The minimum Gasteiger partial charge on any atom is -0.388 e. The van der Waals surface area contributed by atoms with Gasteiger partial charge in [-0.3, -0.25) is 4.79 Å². The average Bonchev–Trinajstić information content (AvgIpc) is 2.69. The van der Waals surface area contributed by atoms with Crippen LogP contribution in [0.3, 0.4) is 0 Å². The van der Waals surface area contributed by atoms with Gasteiger partial charge in [0.15, 0.2) is 0 Å². The van der Waals surface area contributed by atoms with E-state index in [9.17, 15) is 9.90 Å². The minimum absolute atomic E-state index is 0.173. The second kappa shape index (κ2) is 4.94. The van der Waals surface area contributed by atoms with E-state index in [2.05, 4.69) is 0 Å². The van der Waals surface area contributed by atoms with Gasteiger partial charge >= 0.3 is 0 Å². The first-order chi connectivity index (χ1) is 8.02. The van der Waals surface area contributed by atoms with Crippen molar-refractivity contribution in [3.8, 4) is 0 Å². The van der Waals surface area contributed by atoms with Gasteiger partial charge in [-0.2, -0.15) is 0 Å². The first-order valence-corrected chi connectivity index (χ1v) is 6.73. The molecule has 1 saturated carbocycles. The maximum absolute atomic E-state index is 12.3. The third kappa shape index (κ3) is 2.99. The van der Waals surface area contributed by atoms with Gasteiger partial charge in [0.2, 0.25) is 5.91 Å². The zero-order valence-electron chi connectivity index (χ0n) is 10.7. The van der Waals surface area contributed by atoms with Gasteiger partial charge in [-0.05, 0) is 51.5 Å². The molecule has 98 valence electrons. The Morgan fingerprint density at radius 2 is 2.06 bits per heavy atom. The monoisotopic (exact) mass is 240 g/mol.